The third kappa shape index (κ3) is 40.5. The van der Waals surface area contributed by atoms with E-state index in [9.17, 15) is 23.8 Å². The van der Waals surface area contributed by atoms with Crippen LogP contribution in [0.3, 0.4) is 0 Å². The van der Waals surface area contributed by atoms with E-state index in [0.717, 1.165) is 38.5 Å². The predicted molar refractivity (Wildman–Crippen MR) is 227 cm³/mol. The van der Waals surface area contributed by atoms with E-state index in [4.69, 9.17) is 23.3 Å². The van der Waals surface area contributed by atoms with Crippen LogP contribution in [0.1, 0.15) is 226 Å². The molecule has 0 radical (unpaired) electrons. The van der Waals surface area contributed by atoms with Gasteiger partial charge < -0.3 is 24.4 Å². The normalized spacial score (nSPS) is 12.9. The number of phosphoric ester groups is 1. The standard InChI is InChI=1S/C44H86NO10P/c1-4-7-9-11-13-15-17-19-21-23-25-27-29-31-33-35-42(46)52-39-41(40-54-56(49,50)53-38-37-45-44(48)51-6-3)55-43(47)36-34-32-30-28-26-24-22-20-18-16-14-12-10-8-5-2/h41H,4-40H2,1-3H3,(H,45,48)(H,49,50). The molecular formula is C44H86NO10P. The van der Waals surface area contributed by atoms with E-state index in [2.05, 4.69) is 19.2 Å². The molecular weight excluding hydrogens is 733 g/mol. The molecule has 0 spiro atoms. The van der Waals surface area contributed by atoms with Gasteiger partial charge in [-0.1, -0.05) is 194 Å². The molecule has 56 heavy (non-hydrogen) atoms. The van der Waals surface area contributed by atoms with Gasteiger partial charge in [-0.15, -0.1) is 0 Å². The van der Waals surface area contributed by atoms with Crippen molar-refractivity contribution in [3.8, 4) is 0 Å². The summed E-state index contributed by atoms with van der Waals surface area (Å²) in [6.07, 6.45) is 35.7. The average Bonchev–Trinajstić information content (AvgIpc) is 3.17. The topological polar surface area (TPSA) is 147 Å². The maximum atomic E-state index is 12.7. The minimum absolute atomic E-state index is 0.0681. The molecule has 0 aliphatic carbocycles. The Bertz CT molecular complexity index is 953. The Kier molecular flexibility index (Phi) is 40.2. The van der Waals surface area contributed by atoms with Crippen molar-refractivity contribution in [1.82, 2.24) is 5.32 Å². The molecule has 0 aliphatic heterocycles. The van der Waals surface area contributed by atoms with Gasteiger partial charge in [-0.25, -0.2) is 9.36 Å². The number of esters is 2. The first-order chi connectivity index (χ1) is 27.2. The molecule has 0 saturated heterocycles. The largest absolute Gasteiger partial charge is 0.472 e. The molecule has 0 saturated carbocycles. The summed E-state index contributed by atoms with van der Waals surface area (Å²) in [6, 6.07) is 0. The Morgan fingerprint density at radius 1 is 0.500 bits per heavy atom. The van der Waals surface area contributed by atoms with Gasteiger partial charge in [-0.2, -0.15) is 0 Å². The van der Waals surface area contributed by atoms with Crippen molar-refractivity contribution in [2.45, 2.75) is 232 Å². The van der Waals surface area contributed by atoms with Crippen molar-refractivity contribution >= 4 is 25.9 Å². The summed E-state index contributed by atoms with van der Waals surface area (Å²) in [5.41, 5.74) is 0. The second-order valence-corrected chi connectivity index (χ2v) is 16.9. The fraction of sp³-hybridized carbons (Fsp3) is 0.932. The number of alkyl carbamates (subject to hydrolysis) is 1. The molecule has 12 heteroatoms. The summed E-state index contributed by atoms with van der Waals surface area (Å²) in [5.74, 6) is -0.879. The second-order valence-electron chi connectivity index (χ2n) is 15.4. The first kappa shape index (κ1) is 54.3. The molecule has 0 aromatic carbocycles. The number of amides is 1. The summed E-state index contributed by atoms with van der Waals surface area (Å²) in [7, 11) is -4.54. The van der Waals surface area contributed by atoms with Gasteiger partial charge in [0.2, 0.25) is 0 Å². The van der Waals surface area contributed by atoms with Crippen LogP contribution in [0.5, 0.6) is 0 Å². The zero-order valence-corrected chi connectivity index (χ0v) is 37.2. The summed E-state index contributed by atoms with van der Waals surface area (Å²) in [5, 5.41) is 2.38. The molecule has 332 valence electrons. The van der Waals surface area contributed by atoms with E-state index in [1.54, 1.807) is 6.92 Å². The van der Waals surface area contributed by atoms with Crippen LogP contribution in [0, 0.1) is 0 Å². The van der Waals surface area contributed by atoms with Crippen molar-refractivity contribution in [1.29, 1.82) is 0 Å². The van der Waals surface area contributed by atoms with E-state index in [1.165, 1.54) is 148 Å². The zero-order valence-electron chi connectivity index (χ0n) is 36.3. The van der Waals surface area contributed by atoms with Crippen molar-refractivity contribution in [3.05, 3.63) is 0 Å². The second kappa shape index (κ2) is 41.5. The number of hydrogen-bond donors (Lipinski definition) is 2. The van der Waals surface area contributed by atoms with Gasteiger partial charge in [0.25, 0.3) is 0 Å². The van der Waals surface area contributed by atoms with Crippen LogP contribution in [-0.4, -0.2) is 62.0 Å². The highest BCUT2D eigenvalue weighted by Crippen LogP contribution is 2.43. The smallest absolute Gasteiger partial charge is 0.462 e. The van der Waals surface area contributed by atoms with E-state index >= 15 is 0 Å². The lowest BCUT2D eigenvalue weighted by atomic mass is 10.0. The highest BCUT2D eigenvalue weighted by Gasteiger charge is 2.26. The summed E-state index contributed by atoms with van der Waals surface area (Å²) >= 11 is 0. The number of ether oxygens (including phenoxy) is 3. The highest BCUT2D eigenvalue weighted by atomic mass is 31.2. The molecule has 0 aromatic heterocycles. The first-order valence-electron chi connectivity index (χ1n) is 23.1. The molecule has 11 nitrogen and oxygen atoms in total. The van der Waals surface area contributed by atoms with Gasteiger partial charge in [0.1, 0.15) is 6.61 Å². The monoisotopic (exact) mass is 820 g/mol. The Morgan fingerprint density at radius 3 is 1.27 bits per heavy atom. The number of rotatable bonds is 43. The average molecular weight is 820 g/mol. The van der Waals surface area contributed by atoms with Crippen LogP contribution in [-0.2, 0) is 37.4 Å². The molecule has 1 amide bonds. The Hall–Kier alpha value is -1.68. The quantitative estimate of drug-likeness (QED) is 0.0264. The maximum Gasteiger partial charge on any atom is 0.472 e. The fourth-order valence-corrected chi connectivity index (χ4v) is 7.36. The van der Waals surface area contributed by atoms with Gasteiger partial charge in [0.05, 0.1) is 19.8 Å². The van der Waals surface area contributed by atoms with Gasteiger partial charge >= 0.3 is 25.9 Å². The molecule has 0 heterocycles. The molecule has 0 aliphatic rings. The summed E-state index contributed by atoms with van der Waals surface area (Å²) in [6.45, 7) is 5.22. The number of phosphoric acid groups is 1. The molecule has 2 N–H and O–H groups in total. The van der Waals surface area contributed by atoms with Crippen molar-refractivity contribution < 1.29 is 47.1 Å². The van der Waals surface area contributed by atoms with E-state index in [1.807, 2.05) is 0 Å². The SMILES string of the molecule is CCCCCCCCCCCCCCCCCC(=O)OCC(COP(=O)(O)OCCNC(=O)OCC)OC(=O)CCCCCCCCCCCCCCCCC. The fourth-order valence-electron chi connectivity index (χ4n) is 6.61. The third-order valence-corrected chi connectivity index (χ3v) is 11.0. The highest BCUT2D eigenvalue weighted by molar-refractivity contribution is 7.47. The summed E-state index contributed by atoms with van der Waals surface area (Å²) < 4.78 is 38.1. The Morgan fingerprint density at radius 2 is 0.875 bits per heavy atom. The van der Waals surface area contributed by atoms with E-state index in [0.29, 0.717) is 6.42 Å². The van der Waals surface area contributed by atoms with Crippen LogP contribution >= 0.6 is 7.82 Å². The van der Waals surface area contributed by atoms with Gasteiger partial charge in [-0.3, -0.25) is 18.6 Å². The van der Waals surface area contributed by atoms with Crippen molar-refractivity contribution in [3.63, 3.8) is 0 Å². The van der Waals surface area contributed by atoms with Gasteiger partial charge in [0.15, 0.2) is 6.10 Å². The van der Waals surface area contributed by atoms with E-state index < -0.39 is 38.6 Å². The molecule has 0 aromatic rings. The van der Waals surface area contributed by atoms with Crippen LogP contribution < -0.4 is 5.32 Å². The molecule has 2 atom stereocenters. The van der Waals surface area contributed by atoms with Crippen LogP contribution in [0.2, 0.25) is 0 Å². The minimum Gasteiger partial charge on any atom is -0.462 e. The van der Waals surface area contributed by atoms with Crippen LogP contribution in [0.25, 0.3) is 0 Å². The number of carbonyl (C=O) groups excluding carboxylic acids is 3. The van der Waals surface area contributed by atoms with E-state index in [-0.39, 0.29) is 39.2 Å². The number of carbonyl (C=O) groups is 3. The van der Waals surface area contributed by atoms with Crippen molar-refractivity contribution in [2.75, 3.05) is 33.0 Å². The first-order valence-corrected chi connectivity index (χ1v) is 24.6. The predicted octanol–water partition coefficient (Wildman–Crippen LogP) is 12.8. The molecule has 2 unspecified atom stereocenters. The minimum atomic E-state index is -4.54. The van der Waals surface area contributed by atoms with Crippen LogP contribution in [0.15, 0.2) is 0 Å². The van der Waals surface area contributed by atoms with Gasteiger partial charge in [-0.05, 0) is 19.8 Å². The lowest BCUT2D eigenvalue weighted by Gasteiger charge is -2.20. The van der Waals surface area contributed by atoms with Gasteiger partial charge in [0, 0.05) is 19.4 Å². The number of nitrogens with one attached hydrogen (secondary N) is 1. The molecule has 0 rings (SSSR count). The molecule has 0 fully saturated rings. The number of hydrogen-bond acceptors (Lipinski definition) is 9. The Balaban J connectivity index is 4.36. The maximum absolute atomic E-state index is 12.7. The third-order valence-electron chi connectivity index (χ3n) is 10.0. The lowest BCUT2D eigenvalue weighted by Crippen LogP contribution is -2.30. The lowest BCUT2D eigenvalue weighted by molar-refractivity contribution is -0.161. The summed E-state index contributed by atoms with van der Waals surface area (Å²) in [4.78, 5) is 46.7. The van der Waals surface area contributed by atoms with Crippen LogP contribution in [0.4, 0.5) is 4.79 Å². The zero-order chi connectivity index (χ0) is 41.2. The Labute approximate surface area is 342 Å². The number of unbranched alkanes of at least 4 members (excludes halogenated alkanes) is 28. The molecule has 0 bridgehead atoms. The van der Waals surface area contributed by atoms with Crippen molar-refractivity contribution in [2.24, 2.45) is 0 Å².